The minimum atomic E-state index is -0.198. The monoisotopic (exact) mass is 853 g/mol. The van der Waals surface area contributed by atoms with Gasteiger partial charge >= 0.3 is 0 Å². The van der Waals surface area contributed by atoms with E-state index in [1.54, 1.807) is 0 Å². The quantitative estimate of drug-likeness (QED) is 0.180. The molecule has 1 aliphatic heterocycles. The van der Waals surface area contributed by atoms with Crippen LogP contribution >= 0.6 is 0 Å². The van der Waals surface area contributed by atoms with E-state index in [4.69, 9.17) is 4.42 Å². The first-order valence-electron chi connectivity index (χ1n) is 23.7. The predicted octanol–water partition coefficient (Wildman–Crippen LogP) is 15.3. The highest BCUT2D eigenvalue weighted by Gasteiger charge is 2.40. The van der Waals surface area contributed by atoms with Gasteiger partial charge in [-0.15, -0.1) is 0 Å². The van der Waals surface area contributed by atoms with Gasteiger partial charge in [0.25, 0.3) is 0 Å². The zero-order valence-corrected chi connectivity index (χ0v) is 39.7. The van der Waals surface area contributed by atoms with Crippen LogP contribution in [0.25, 0.3) is 82.8 Å². The Morgan fingerprint density at radius 3 is 1.92 bits per heavy atom. The predicted molar refractivity (Wildman–Crippen MR) is 281 cm³/mol. The number of fused-ring (bicyclic) bond motifs is 14. The molecule has 0 saturated heterocycles. The summed E-state index contributed by atoms with van der Waals surface area (Å²) in [5.41, 5.74) is 25.7. The van der Waals surface area contributed by atoms with Crippen LogP contribution in [0.5, 0.6) is 0 Å². The second kappa shape index (κ2) is 13.0. The van der Waals surface area contributed by atoms with Crippen LogP contribution in [-0.4, -0.2) is 11.8 Å². The normalized spacial score (nSPS) is 15.2. The second-order valence-electron chi connectivity index (χ2n) is 22.5. The summed E-state index contributed by atoms with van der Waals surface area (Å²) in [7, 11) is 2.44. The van der Waals surface area contributed by atoms with E-state index in [9.17, 15) is 0 Å². The highest BCUT2D eigenvalue weighted by Crippen LogP contribution is 2.54. The molecule has 0 bridgehead atoms. The molecule has 8 aromatic carbocycles. The Morgan fingerprint density at radius 1 is 0.485 bits per heavy atom. The van der Waals surface area contributed by atoms with Crippen LogP contribution in [0.3, 0.4) is 0 Å². The number of rotatable bonds is 3. The van der Waals surface area contributed by atoms with Crippen LogP contribution < -0.4 is 16.2 Å². The lowest BCUT2D eigenvalue weighted by Gasteiger charge is -2.27. The molecule has 0 fully saturated rings. The maximum atomic E-state index is 6.59. The van der Waals surface area contributed by atoms with Crippen LogP contribution in [0.2, 0.25) is 0 Å². The molecule has 0 amide bonds. The van der Waals surface area contributed by atoms with Gasteiger partial charge < -0.3 is 14.3 Å². The Labute approximate surface area is 388 Å². The minimum absolute atomic E-state index is 0.0485. The molecule has 10 aromatic rings. The smallest absolute Gasteiger partial charge is 0.198 e. The summed E-state index contributed by atoms with van der Waals surface area (Å²) in [6.45, 7) is 23.4. The molecule has 1 N–H and O–H groups in total. The van der Waals surface area contributed by atoms with Crippen LogP contribution in [0, 0.1) is 0 Å². The molecule has 2 aliphatic carbocycles. The topological polar surface area (TPSA) is 30.1 Å². The van der Waals surface area contributed by atoms with Gasteiger partial charge in [-0.05, 0) is 132 Å². The summed E-state index contributed by atoms with van der Waals surface area (Å²) in [4.78, 5) is 0. The Bertz CT molecular complexity index is 3770. The molecule has 3 nitrogen and oxygen atoms in total. The lowest BCUT2D eigenvalue weighted by molar-refractivity contribution is 0.584. The maximum Gasteiger partial charge on any atom is 0.198 e. The maximum absolute atomic E-state index is 6.59. The van der Waals surface area contributed by atoms with Crippen molar-refractivity contribution in [2.45, 2.75) is 90.9 Å². The van der Waals surface area contributed by atoms with Crippen LogP contribution in [0.15, 0.2) is 144 Å². The van der Waals surface area contributed by atoms with Crippen LogP contribution in [-0.2, 0) is 21.7 Å². The van der Waals surface area contributed by atoms with Crippen molar-refractivity contribution >= 4 is 73.3 Å². The molecular weight excluding hydrogens is 800 g/mol. The van der Waals surface area contributed by atoms with E-state index in [2.05, 4.69) is 226 Å². The Balaban J connectivity index is 1.10. The van der Waals surface area contributed by atoms with Gasteiger partial charge in [-0.25, -0.2) is 0 Å². The third kappa shape index (κ3) is 5.39. The van der Waals surface area contributed by atoms with Crippen molar-refractivity contribution in [2.75, 3.05) is 5.32 Å². The molecule has 0 atom stereocenters. The number of aromatic nitrogens is 1. The molecule has 0 spiro atoms. The van der Waals surface area contributed by atoms with Gasteiger partial charge in [0.15, 0.2) is 7.28 Å². The number of nitrogens with one attached hydrogen (secondary N) is 1. The van der Waals surface area contributed by atoms with E-state index in [1.165, 1.54) is 99.7 Å². The van der Waals surface area contributed by atoms with E-state index < -0.39 is 0 Å². The average Bonchev–Trinajstić information content (AvgIpc) is 3.95. The third-order valence-electron chi connectivity index (χ3n) is 15.7. The van der Waals surface area contributed by atoms with Crippen LogP contribution in [0.1, 0.15) is 103 Å². The highest BCUT2D eigenvalue weighted by molar-refractivity contribution is 6.73. The van der Waals surface area contributed by atoms with Crippen molar-refractivity contribution in [3.63, 3.8) is 0 Å². The van der Waals surface area contributed by atoms with Gasteiger partial charge in [-0.3, -0.25) is 0 Å². The zero-order valence-electron chi connectivity index (χ0n) is 39.7. The van der Waals surface area contributed by atoms with Crippen molar-refractivity contribution in [1.29, 1.82) is 0 Å². The average molecular weight is 854 g/mol. The lowest BCUT2D eigenvalue weighted by Crippen LogP contribution is -2.37. The highest BCUT2D eigenvalue weighted by atomic mass is 16.3. The fraction of sp³-hybridized carbons (Fsp3) is 0.226. The Morgan fingerprint density at radius 2 is 1.14 bits per heavy atom. The number of hydrogen-bond acceptors (Lipinski definition) is 2. The molecule has 4 heteroatoms. The number of anilines is 2. The molecule has 321 valence electrons. The summed E-state index contributed by atoms with van der Waals surface area (Å²) in [5.74, 6) is 0. The third-order valence-corrected chi connectivity index (χ3v) is 15.7. The van der Waals surface area contributed by atoms with Gasteiger partial charge in [0.05, 0.1) is 5.52 Å². The summed E-state index contributed by atoms with van der Waals surface area (Å²) < 4.78 is 9.17. The number of furan rings is 1. The van der Waals surface area contributed by atoms with Gasteiger partial charge in [0, 0.05) is 60.5 Å². The lowest BCUT2D eigenvalue weighted by atomic mass is 9.59. The zero-order chi connectivity index (χ0) is 45.4. The Hall–Kier alpha value is -6.78. The van der Waals surface area contributed by atoms with E-state index in [-0.39, 0.29) is 21.7 Å². The molecular formula is C62H54BN2O. The number of nitrogens with zero attached hydrogens (tertiary/aromatic N) is 1. The minimum Gasteiger partial charge on any atom is -0.456 e. The standard InChI is InChI=1S/C62H54BN2O/c1-59(2,3)34-19-22-36(23-20-34)64-52-30-42-38-24-21-35(60(4,5)6)27-48(38)62(9,10)49(42)28-44(52)40-25-26-41-45-29-50-43(37-15-11-13-17-47(37)61(50,7)8)31-53(45)65-54-32-46-39-16-12-14-18-55(39)66-56(46)33-51(54)63-57(40)58(41)65/h11-33,64H,1-10H3. The number of para-hydroxylation sites is 1. The molecule has 0 saturated carbocycles. The van der Waals surface area contributed by atoms with Crippen LogP contribution in [0.4, 0.5) is 11.4 Å². The summed E-state index contributed by atoms with van der Waals surface area (Å²) >= 11 is 0. The van der Waals surface area contributed by atoms with Crippen molar-refractivity contribution in [3.8, 4) is 39.1 Å². The van der Waals surface area contributed by atoms with Gasteiger partial charge in [0.1, 0.15) is 11.2 Å². The van der Waals surface area contributed by atoms with E-state index in [0.29, 0.717) is 0 Å². The van der Waals surface area contributed by atoms with Gasteiger partial charge in [-0.2, -0.15) is 0 Å². The van der Waals surface area contributed by atoms with Crippen molar-refractivity contribution < 1.29 is 4.42 Å². The first-order valence-corrected chi connectivity index (χ1v) is 23.7. The van der Waals surface area contributed by atoms with Gasteiger partial charge in [0.2, 0.25) is 0 Å². The van der Waals surface area contributed by atoms with Crippen molar-refractivity contribution in [1.82, 2.24) is 4.57 Å². The second-order valence-corrected chi connectivity index (χ2v) is 22.5. The molecule has 2 aromatic heterocycles. The van der Waals surface area contributed by atoms with Crippen molar-refractivity contribution in [2.24, 2.45) is 0 Å². The number of hydrogen-bond donors (Lipinski definition) is 1. The molecule has 13 rings (SSSR count). The SMILES string of the molecule is CC(C)(C)c1ccc(Nc2cc3c(cc2-c2ccc4c5cc6c(cc5n5c4c2[B]c2cc4oc7ccccc7c4cc2-5)-c2ccccc2C6(C)C)C(C)(C)c2cc(C(C)(C)C)ccc2-3)cc1. The largest absolute Gasteiger partial charge is 0.456 e. The first kappa shape index (κ1) is 39.6. The molecule has 66 heavy (non-hydrogen) atoms. The number of benzene rings is 8. The molecule has 1 radical (unpaired) electrons. The summed E-state index contributed by atoms with van der Waals surface area (Å²) in [6, 6.07) is 53.1. The fourth-order valence-electron chi connectivity index (χ4n) is 12.0. The summed E-state index contributed by atoms with van der Waals surface area (Å²) in [6.07, 6.45) is 0. The van der Waals surface area contributed by atoms with E-state index in [1.807, 2.05) is 0 Å². The van der Waals surface area contributed by atoms with Gasteiger partial charge in [-0.1, -0.05) is 160 Å². The molecule has 3 aliphatic rings. The fourth-order valence-corrected chi connectivity index (χ4v) is 12.0. The molecule has 0 unspecified atom stereocenters. The first-order chi connectivity index (χ1) is 31.5. The van der Waals surface area contributed by atoms with Crippen molar-refractivity contribution in [3.05, 3.63) is 173 Å². The molecule has 3 heterocycles. The Kier molecular flexibility index (Phi) is 7.78. The van der Waals surface area contributed by atoms with E-state index in [0.717, 1.165) is 38.8 Å². The van der Waals surface area contributed by atoms with E-state index >= 15 is 0 Å². The summed E-state index contributed by atoms with van der Waals surface area (Å²) in [5, 5.41) is 8.84.